The SMILES string of the molecule is C.C=C1N(C)C=CN1c1[c-]c(Oc2[c-]c3c(cc2)c2ccccc2n3[C-]2C=C(C(C)(C)C)C=C[N+]2=C)cc(C(C)(C)C)c1.[Pt+2]. The second-order valence-electron chi connectivity index (χ2n) is 13.1. The molecule has 3 aromatic carbocycles. The van der Waals surface area contributed by atoms with Gasteiger partial charge < -0.3 is 14.5 Å². The monoisotopic (exact) mass is 765 g/mol. The van der Waals surface area contributed by atoms with Crippen molar-refractivity contribution in [2.45, 2.75) is 54.4 Å². The van der Waals surface area contributed by atoms with Crippen LogP contribution in [0, 0.1) is 23.7 Å². The van der Waals surface area contributed by atoms with E-state index in [-0.39, 0.29) is 39.3 Å². The Kier molecular flexibility index (Phi) is 8.88. The van der Waals surface area contributed by atoms with E-state index in [1.807, 2.05) is 46.1 Å². The summed E-state index contributed by atoms with van der Waals surface area (Å²) < 4.78 is 10.7. The average Bonchev–Trinajstić information content (AvgIpc) is 3.43. The molecule has 0 atom stereocenters. The van der Waals surface area contributed by atoms with Crippen LogP contribution >= 0.6 is 0 Å². The Balaban J connectivity index is 0.00000221. The molecule has 6 heteroatoms. The first-order valence-electron chi connectivity index (χ1n) is 14.3. The summed E-state index contributed by atoms with van der Waals surface area (Å²) in [6, 6.07) is 23.9. The zero-order chi connectivity index (χ0) is 30.0. The molecule has 0 spiro atoms. The maximum Gasteiger partial charge on any atom is 2.00 e. The van der Waals surface area contributed by atoms with Crippen molar-refractivity contribution in [1.29, 1.82) is 0 Å². The summed E-state index contributed by atoms with van der Waals surface area (Å²) in [5.41, 5.74) is 5.21. The van der Waals surface area contributed by atoms with Crippen LogP contribution < -0.4 is 9.64 Å². The van der Waals surface area contributed by atoms with E-state index in [2.05, 4.69) is 126 Å². The van der Waals surface area contributed by atoms with Gasteiger partial charge in [-0.3, -0.25) is 9.14 Å². The summed E-state index contributed by atoms with van der Waals surface area (Å²) in [5.74, 6) is 2.11. The zero-order valence-electron chi connectivity index (χ0n) is 25.9. The molecule has 0 saturated heterocycles. The number of ether oxygens (including phenoxy) is 1. The van der Waals surface area contributed by atoms with Crippen LogP contribution in [0.1, 0.15) is 54.5 Å². The van der Waals surface area contributed by atoms with Gasteiger partial charge in [0.05, 0.1) is 5.52 Å². The summed E-state index contributed by atoms with van der Waals surface area (Å²) in [4.78, 5) is 4.02. The van der Waals surface area contributed by atoms with E-state index in [4.69, 9.17) is 4.74 Å². The van der Waals surface area contributed by atoms with Gasteiger partial charge in [-0.25, -0.2) is 0 Å². The Labute approximate surface area is 277 Å². The van der Waals surface area contributed by atoms with Crippen LogP contribution in [0.3, 0.4) is 0 Å². The zero-order valence-corrected chi connectivity index (χ0v) is 28.2. The maximum atomic E-state index is 6.54. The van der Waals surface area contributed by atoms with E-state index in [9.17, 15) is 0 Å². The van der Waals surface area contributed by atoms with Gasteiger partial charge in [-0.2, -0.15) is 6.07 Å². The van der Waals surface area contributed by atoms with Crippen LogP contribution in [-0.2, 0) is 26.5 Å². The van der Waals surface area contributed by atoms with Crippen LogP contribution in [-0.4, -0.2) is 27.8 Å². The molecular weight excluding hydrogens is 724 g/mol. The first-order valence-corrected chi connectivity index (χ1v) is 14.3. The molecule has 0 bridgehead atoms. The number of hydrogen-bond acceptors (Lipinski definition) is 3. The number of allylic oxidation sites excluding steroid dienone is 2. The van der Waals surface area contributed by atoms with E-state index in [1.54, 1.807) is 0 Å². The first-order chi connectivity index (χ1) is 19.8. The molecule has 0 saturated carbocycles. The summed E-state index contributed by atoms with van der Waals surface area (Å²) in [5, 5.41) is 2.26. The Hall–Kier alpha value is -3.95. The van der Waals surface area contributed by atoms with E-state index >= 15 is 0 Å². The first kappa shape index (κ1) is 33.0. The van der Waals surface area contributed by atoms with Gasteiger partial charge in [-0.05, 0) is 28.5 Å². The van der Waals surface area contributed by atoms with Gasteiger partial charge in [-0.1, -0.05) is 96.5 Å². The Morgan fingerprint density at radius 2 is 1.61 bits per heavy atom. The predicted molar refractivity (Wildman–Crippen MR) is 180 cm³/mol. The van der Waals surface area contributed by atoms with Crippen molar-refractivity contribution in [3.8, 4) is 11.5 Å². The molecule has 3 heterocycles. The minimum absolute atomic E-state index is 0. The largest absolute Gasteiger partial charge is 2.00 e. The molecule has 6 rings (SSSR count). The van der Waals surface area contributed by atoms with Gasteiger partial charge >= 0.3 is 21.1 Å². The topological polar surface area (TPSA) is 23.6 Å². The molecule has 44 heavy (non-hydrogen) atoms. The predicted octanol–water partition coefficient (Wildman–Crippen LogP) is 9.36. The van der Waals surface area contributed by atoms with Gasteiger partial charge in [-0.15, -0.1) is 41.3 Å². The van der Waals surface area contributed by atoms with Gasteiger partial charge in [0.25, 0.3) is 0 Å². The van der Waals surface area contributed by atoms with Crippen molar-refractivity contribution in [2.24, 2.45) is 5.41 Å². The van der Waals surface area contributed by atoms with Crippen molar-refractivity contribution in [1.82, 2.24) is 9.47 Å². The van der Waals surface area contributed by atoms with Crippen LogP contribution in [0.2, 0.25) is 0 Å². The van der Waals surface area contributed by atoms with Crippen molar-refractivity contribution >= 4 is 34.2 Å². The fourth-order valence-electron chi connectivity index (χ4n) is 5.34. The van der Waals surface area contributed by atoms with Crippen LogP contribution in [0.5, 0.6) is 11.5 Å². The van der Waals surface area contributed by atoms with Crippen molar-refractivity contribution in [2.75, 3.05) is 11.9 Å². The molecule has 2 aliphatic heterocycles. The molecule has 0 unspecified atom stereocenters. The van der Waals surface area contributed by atoms with Gasteiger partial charge in [0.2, 0.25) is 6.17 Å². The molecule has 230 valence electrons. The third-order valence-corrected chi connectivity index (χ3v) is 7.96. The fourth-order valence-corrected chi connectivity index (χ4v) is 5.34. The number of benzene rings is 3. The molecule has 2 aliphatic rings. The van der Waals surface area contributed by atoms with Crippen LogP contribution in [0.4, 0.5) is 5.69 Å². The summed E-state index contributed by atoms with van der Waals surface area (Å²) in [6.45, 7) is 21.8. The van der Waals surface area contributed by atoms with Crippen molar-refractivity contribution in [3.63, 3.8) is 0 Å². The van der Waals surface area contributed by atoms with Crippen LogP contribution in [0.15, 0.2) is 97.3 Å². The third kappa shape index (κ3) is 5.90. The van der Waals surface area contributed by atoms with E-state index < -0.39 is 0 Å². The second kappa shape index (κ2) is 11.9. The number of nitrogens with zero attached hydrogens (tertiary/aromatic N) is 4. The minimum atomic E-state index is -0.0848. The molecule has 0 aliphatic carbocycles. The Bertz CT molecular complexity index is 1840. The number of anilines is 1. The standard InChI is InChI=1S/C37H38N4O.CH4.Pt/c1-25-38(8)18-19-40(25)28-20-27(37(5,6)7)21-30(23-28)42-29-14-15-32-31-12-10-11-13-33(31)41(34(32)24-29)35-22-26(36(2,3)4)16-17-39(35)9;;/h10-22H,1,9H2,2-8H3;1H4;/q-2;;+2. The number of rotatable bonds is 4. The van der Waals surface area contributed by atoms with Crippen LogP contribution in [0.25, 0.3) is 21.8 Å². The quantitative estimate of drug-likeness (QED) is 0.153. The number of hydrogen-bond donors (Lipinski definition) is 0. The molecule has 5 nitrogen and oxygen atoms in total. The van der Waals surface area contributed by atoms with E-state index in [1.165, 1.54) is 5.57 Å². The normalized spacial score (nSPS) is 15.2. The molecule has 0 fully saturated rings. The van der Waals surface area contributed by atoms with Crippen molar-refractivity contribution < 1.29 is 30.4 Å². The van der Waals surface area contributed by atoms with Crippen molar-refractivity contribution in [3.05, 3.63) is 121 Å². The molecule has 0 N–H and O–H groups in total. The fraction of sp³-hybridized carbons (Fsp3) is 0.263. The number of aromatic nitrogens is 1. The Morgan fingerprint density at radius 1 is 0.886 bits per heavy atom. The summed E-state index contributed by atoms with van der Waals surface area (Å²) in [6.07, 6.45) is 11.4. The number of fused-ring (bicyclic) bond motifs is 3. The summed E-state index contributed by atoms with van der Waals surface area (Å²) >= 11 is 0. The minimum Gasteiger partial charge on any atom is -0.510 e. The van der Waals surface area contributed by atoms with E-state index in [0.717, 1.165) is 45.0 Å². The average molecular weight is 766 g/mol. The molecular formula is C38H42N4OPt. The molecule has 0 amide bonds. The molecule has 1 aromatic heterocycles. The van der Waals surface area contributed by atoms with E-state index in [0.29, 0.717) is 11.5 Å². The maximum absolute atomic E-state index is 6.54. The second-order valence-corrected chi connectivity index (χ2v) is 13.1. The van der Waals surface area contributed by atoms with Gasteiger partial charge in [0, 0.05) is 43.9 Å². The number of para-hydroxylation sites is 1. The molecule has 4 aromatic rings. The van der Waals surface area contributed by atoms with Gasteiger partial charge in [0.1, 0.15) is 5.82 Å². The Morgan fingerprint density at radius 3 is 2.27 bits per heavy atom. The third-order valence-electron chi connectivity index (χ3n) is 7.96. The molecule has 0 radical (unpaired) electrons. The van der Waals surface area contributed by atoms with Gasteiger partial charge in [0.15, 0.2) is 0 Å². The summed E-state index contributed by atoms with van der Waals surface area (Å²) in [7, 11) is 1.99. The smallest absolute Gasteiger partial charge is 0.510 e.